The number of nitrogens with two attached hydrogens (primary N) is 1. The Morgan fingerprint density at radius 3 is 1.62 bits per heavy atom. The summed E-state index contributed by atoms with van der Waals surface area (Å²) in [7, 11) is 0. The summed E-state index contributed by atoms with van der Waals surface area (Å²) < 4.78 is 0. The fourth-order valence-electron chi connectivity index (χ4n) is 0. The van der Waals surface area contributed by atoms with E-state index in [-0.39, 0.29) is 43.1 Å². The molecule has 0 spiro atoms. The molecule has 0 unspecified atom stereocenters. The molecule has 0 aliphatic heterocycles. The van der Waals surface area contributed by atoms with Crippen molar-refractivity contribution in [3.05, 3.63) is 0 Å². The summed E-state index contributed by atoms with van der Waals surface area (Å²) in [4.78, 5) is 9.92. The van der Waals surface area contributed by atoms with Gasteiger partial charge >= 0.3 is 18.9 Å². The van der Waals surface area contributed by atoms with Crippen LogP contribution >= 0.6 is 12.4 Å². The molecule has 8 heavy (non-hydrogen) atoms. The SMILES string of the molecule is CC(C)C(N)=O.Cl.[LiH]. The first-order valence-corrected chi connectivity index (χ1v) is 1.94. The molecule has 0 atom stereocenters. The zero-order valence-corrected chi connectivity index (χ0v) is 5.29. The summed E-state index contributed by atoms with van der Waals surface area (Å²) in [6.45, 7) is 3.53. The third kappa shape index (κ3) is 9.61. The number of hydrogen-bond acceptors (Lipinski definition) is 1. The summed E-state index contributed by atoms with van der Waals surface area (Å²) in [5.41, 5.74) is 4.80. The number of carbonyl (C=O) groups is 1. The van der Waals surface area contributed by atoms with E-state index in [0.717, 1.165) is 0 Å². The van der Waals surface area contributed by atoms with E-state index in [4.69, 9.17) is 5.73 Å². The number of hydrogen-bond donors (Lipinski definition) is 1. The number of halogens is 1. The molecule has 0 aromatic carbocycles. The predicted molar refractivity (Wildman–Crippen MR) is 38.4 cm³/mol. The monoisotopic (exact) mass is 131 g/mol. The Morgan fingerprint density at radius 2 is 1.62 bits per heavy atom. The molecule has 0 fully saturated rings. The molecule has 0 heterocycles. The predicted octanol–water partition coefficient (Wildman–Crippen LogP) is -0.0990. The van der Waals surface area contributed by atoms with Crippen LogP contribution in [-0.4, -0.2) is 24.8 Å². The molecule has 0 radical (unpaired) electrons. The van der Waals surface area contributed by atoms with Crippen molar-refractivity contribution in [2.24, 2.45) is 11.7 Å². The van der Waals surface area contributed by atoms with Gasteiger partial charge in [0, 0.05) is 5.92 Å². The quantitative estimate of drug-likeness (QED) is 0.497. The third-order valence-electron chi connectivity index (χ3n) is 0.569. The van der Waals surface area contributed by atoms with Crippen molar-refractivity contribution in [2.45, 2.75) is 13.8 Å². The van der Waals surface area contributed by atoms with Crippen molar-refractivity contribution in [2.75, 3.05) is 0 Å². The van der Waals surface area contributed by atoms with Crippen molar-refractivity contribution < 1.29 is 4.79 Å². The van der Waals surface area contributed by atoms with Gasteiger partial charge in [-0.1, -0.05) is 13.8 Å². The van der Waals surface area contributed by atoms with Crippen LogP contribution in [0, 0.1) is 5.92 Å². The first-order chi connectivity index (χ1) is 2.64. The van der Waals surface area contributed by atoms with Gasteiger partial charge in [0.2, 0.25) is 5.91 Å². The van der Waals surface area contributed by atoms with Crippen LogP contribution in [0.25, 0.3) is 0 Å². The molecule has 4 heteroatoms. The van der Waals surface area contributed by atoms with E-state index in [2.05, 4.69) is 0 Å². The van der Waals surface area contributed by atoms with Crippen LogP contribution in [0.5, 0.6) is 0 Å². The number of carbonyl (C=O) groups excluding carboxylic acids is 1. The molecule has 46 valence electrons. The molecule has 0 rings (SSSR count). The number of primary amides is 1. The maximum atomic E-state index is 9.92. The van der Waals surface area contributed by atoms with Gasteiger partial charge < -0.3 is 5.73 Å². The molecule has 1 amide bonds. The van der Waals surface area contributed by atoms with Gasteiger partial charge in [-0.25, -0.2) is 0 Å². The Balaban J connectivity index is -0.000000125. The second-order valence-corrected chi connectivity index (χ2v) is 1.56. The van der Waals surface area contributed by atoms with E-state index in [1.54, 1.807) is 13.8 Å². The summed E-state index contributed by atoms with van der Waals surface area (Å²) in [6.07, 6.45) is 0. The average molecular weight is 132 g/mol. The molecular weight excluding hydrogens is 120 g/mol. The van der Waals surface area contributed by atoms with Crippen LogP contribution in [0.1, 0.15) is 13.8 Å². The second-order valence-electron chi connectivity index (χ2n) is 1.56. The Hall–Kier alpha value is 0.357. The Morgan fingerprint density at radius 1 is 1.50 bits per heavy atom. The second kappa shape index (κ2) is 7.36. The molecular formula is C4H11ClLiNO. The van der Waals surface area contributed by atoms with Crippen LogP contribution in [0.4, 0.5) is 0 Å². The van der Waals surface area contributed by atoms with Crippen molar-refractivity contribution in [1.82, 2.24) is 0 Å². The van der Waals surface area contributed by atoms with Crippen LogP contribution < -0.4 is 5.73 Å². The summed E-state index contributed by atoms with van der Waals surface area (Å²) in [5, 5.41) is 0. The molecule has 2 nitrogen and oxygen atoms in total. The fraction of sp³-hybridized carbons (Fsp3) is 0.750. The van der Waals surface area contributed by atoms with Gasteiger partial charge in [0.15, 0.2) is 0 Å². The third-order valence-corrected chi connectivity index (χ3v) is 0.569. The van der Waals surface area contributed by atoms with Crippen molar-refractivity contribution >= 4 is 37.2 Å². The van der Waals surface area contributed by atoms with Gasteiger partial charge in [-0.2, -0.15) is 0 Å². The minimum absolute atomic E-state index is 0. The molecule has 0 aliphatic carbocycles. The van der Waals surface area contributed by atoms with Gasteiger partial charge in [-0.15, -0.1) is 12.4 Å². The summed E-state index contributed by atoms with van der Waals surface area (Å²) >= 11 is 0. The molecule has 2 N–H and O–H groups in total. The average Bonchev–Trinajstić information content (AvgIpc) is 1.36. The van der Waals surface area contributed by atoms with Gasteiger partial charge in [0.1, 0.15) is 0 Å². The zero-order valence-electron chi connectivity index (χ0n) is 4.47. The van der Waals surface area contributed by atoms with Crippen LogP contribution in [0.15, 0.2) is 0 Å². The fourth-order valence-corrected chi connectivity index (χ4v) is 0. The topological polar surface area (TPSA) is 43.1 Å². The van der Waals surface area contributed by atoms with Gasteiger partial charge in [-0.3, -0.25) is 4.79 Å². The normalized spacial score (nSPS) is 6.88. The van der Waals surface area contributed by atoms with Crippen LogP contribution in [0.2, 0.25) is 0 Å². The molecule has 0 saturated heterocycles. The van der Waals surface area contributed by atoms with Gasteiger partial charge in [-0.05, 0) is 0 Å². The van der Waals surface area contributed by atoms with E-state index in [1.165, 1.54) is 0 Å². The van der Waals surface area contributed by atoms with E-state index in [0.29, 0.717) is 0 Å². The molecule has 0 saturated carbocycles. The molecule has 0 aromatic rings. The molecule has 0 aromatic heterocycles. The Kier molecular flexibility index (Phi) is 14.5. The zero-order chi connectivity index (χ0) is 5.15. The van der Waals surface area contributed by atoms with E-state index < -0.39 is 0 Å². The Bertz CT molecular complexity index is 67.1. The van der Waals surface area contributed by atoms with E-state index in [1.807, 2.05) is 0 Å². The van der Waals surface area contributed by atoms with E-state index in [9.17, 15) is 4.79 Å². The molecule has 0 bridgehead atoms. The van der Waals surface area contributed by atoms with Crippen molar-refractivity contribution in [1.29, 1.82) is 0 Å². The van der Waals surface area contributed by atoms with E-state index >= 15 is 0 Å². The number of amides is 1. The maximum absolute atomic E-state index is 9.92. The van der Waals surface area contributed by atoms with Gasteiger partial charge in [0.25, 0.3) is 0 Å². The minimum atomic E-state index is -0.241. The Labute approximate surface area is 67.8 Å². The summed E-state index contributed by atoms with van der Waals surface area (Å²) in [5.74, 6) is -0.250. The standard InChI is InChI=1S/C4H9NO.ClH.Li.H/c1-3(2)4(5)6;;;/h3H,1-2H3,(H2,5,6);1H;;. The van der Waals surface area contributed by atoms with Crippen LogP contribution in [-0.2, 0) is 4.79 Å². The molecule has 0 aliphatic rings. The number of rotatable bonds is 1. The first kappa shape index (κ1) is 15.8. The van der Waals surface area contributed by atoms with Crippen molar-refractivity contribution in [3.63, 3.8) is 0 Å². The van der Waals surface area contributed by atoms with Crippen LogP contribution in [0.3, 0.4) is 0 Å². The van der Waals surface area contributed by atoms with Gasteiger partial charge in [0.05, 0.1) is 0 Å². The van der Waals surface area contributed by atoms with Crippen molar-refractivity contribution in [3.8, 4) is 0 Å². The first-order valence-electron chi connectivity index (χ1n) is 1.94. The summed E-state index contributed by atoms with van der Waals surface area (Å²) in [6, 6.07) is 0.